The van der Waals surface area contributed by atoms with Crippen LogP contribution in [-0.2, 0) is 0 Å². The third-order valence-corrected chi connectivity index (χ3v) is 2.92. The molecule has 6 heteroatoms. The minimum atomic E-state index is -0.806. The summed E-state index contributed by atoms with van der Waals surface area (Å²) in [4.78, 5) is 3.84. The predicted octanol–water partition coefficient (Wildman–Crippen LogP) is 2.94. The Morgan fingerprint density at radius 3 is 2.33 bits per heavy atom. The molecule has 1 aromatic heterocycles. The maximum absolute atomic E-state index is 13.6. The minimum absolute atomic E-state index is 0.0180. The Balaban J connectivity index is 2.07. The van der Waals surface area contributed by atoms with E-state index in [1.165, 1.54) is 0 Å². The standard InChI is InChI=1S/C15H17F2N3O/c1-2-18-14-11(16)8-12(17)15(20-14)19-9-13(21)10-6-4-3-5-7-10/h3-8,13,21H,2,9H2,1H3,(H2,18,19,20). The molecule has 0 aliphatic heterocycles. The summed E-state index contributed by atoms with van der Waals surface area (Å²) in [6, 6.07) is 9.75. The molecule has 0 bridgehead atoms. The fourth-order valence-electron chi connectivity index (χ4n) is 1.87. The molecular formula is C15H17F2N3O. The molecule has 1 unspecified atom stereocenters. The van der Waals surface area contributed by atoms with Crippen molar-refractivity contribution in [1.29, 1.82) is 0 Å². The predicted molar refractivity (Wildman–Crippen MR) is 78.2 cm³/mol. The van der Waals surface area contributed by atoms with Crippen LogP contribution in [-0.4, -0.2) is 23.2 Å². The third-order valence-electron chi connectivity index (χ3n) is 2.92. The summed E-state index contributed by atoms with van der Waals surface area (Å²) >= 11 is 0. The number of nitrogens with zero attached hydrogens (tertiary/aromatic N) is 1. The first-order chi connectivity index (χ1) is 10.1. The molecule has 1 aromatic carbocycles. The molecule has 21 heavy (non-hydrogen) atoms. The van der Waals surface area contributed by atoms with E-state index in [0.717, 1.165) is 6.07 Å². The summed E-state index contributed by atoms with van der Waals surface area (Å²) < 4.78 is 27.1. The highest BCUT2D eigenvalue weighted by Gasteiger charge is 2.13. The largest absolute Gasteiger partial charge is 0.387 e. The normalized spacial score (nSPS) is 12.0. The Hall–Kier alpha value is -2.21. The van der Waals surface area contributed by atoms with Gasteiger partial charge in [-0.2, -0.15) is 0 Å². The van der Waals surface area contributed by atoms with E-state index < -0.39 is 17.7 Å². The second-order valence-corrected chi connectivity index (χ2v) is 4.49. The lowest BCUT2D eigenvalue weighted by molar-refractivity contribution is 0.191. The van der Waals surface area contributed by atoms with Crippen molar-refractivity contribution in [2.75, 3.05) is 23.7 Å². The number of nitrogens with one attached hydrogen (secondary N) is 2. The van der Waals surface area contributed by atoms with Crippen molar-refractivity contribution in [3.63, 3.8) is 0 Å². The lowest BCUT2D eigenvalue weighted by Crippen LogP contribution is -2.15. The van der Waals surface area contributed by atoms with Crippen LogP contribution in [0.15, 0.2) is 36.4 Å². The van der Waals surface area contributed by atoms with Crippen molar-refractivity contribution in [3.05, 3.63) is 53.6 Å². The van der Waals surface area contributed by atoms with E-state index in [4.69, 9.17) is 0 Å². The summed E-state index contributed by atoms with van der Waals surface area (Å²) in [5.41, 5.74) is 0.708. The van der Waals surface area contributed by atoms with Crippen LogP contribution in [0.5, 0.6) is 0 Å². The number of benzene rings is 1. The molecule has 2 rings (SSSR count). The zero-order chi connectivity index (χ0) is 15.2. The van der Waals surface area contributed by atoms with Gasteiger partial charge in [-0.05, 0) is 12.5 Å². The Morgan fingerprint density at radius 2 is 1.71 bits per heavy atom. The maximum Gasteiger partial charge on any atom is 0.168 e. The van der Waals surface area contributed by atoms with Crippen molar-refractivity contribution in [1.82, 2.24) is 4.98 Å². The molecule has 0 spiro atoms. The number of pyridine rings is 1. The van der Waals surface area contributed by atoms with Gasteiger partial charge in [-0.3, -0.25) is 0 Å². The molecule has 4 nitrogen and oxygen atoms in total. The van der Waals surface area contributed by atoms with Gasteiger partial charge in [0.2, 0.25) is 0 Å². The molecule has 1 heterocycles. The molecule has 0 saturated heterocycles. The first-order valence-corrected chi connectivity index (χ1v) is 6.68. The van der Waals surface area contributed by atoms with Gasteiger partial charge >= 0.3 is 0 Å². The van der Waals surface area contributed by atoms with Crippen molar-refractivity contribution in [2.24, 2.45) is 0 Å². The van der Waals surface area contributed by atoms with E-state index in [2.05, 4.69) is 15.6 Å². The van der Waals surface area contributed by atoms with Gasteiger partial charge in [0.15, 0.2) is 23.3 Å². The lowest BCUT2D eigenvalue weighted by Gasteiger charge is -2.14. The molecule has 0 radical (unpaired) electrons. The molecule has 2 aromatic rings. The summed E-state index contributed by atoms with van der Waals surface area (Å²) in [6.45, 7) is 2.34. The quantitative estimate of drug-likeness (QED) is 0.766. The molecule has 0 amide bonds. The number of hydrogen-bond acceptors (Lipinski definition) is 4. The number of aromatic nitrogens is 1. The molecule has 112 valence electrons. The van der Waals surface area contributed by atoms with Crippen LogP contribution in [0.4, 0.5) is 20.4 Å². The first kappa shape index (κ1) is 15.2. The van der Waals surface area contributed by atoms with Gasteiger partial charge in [0.25, 0.3) is 0 Å². The Bertz CT molecular complexity index is 593. The smallest absolute Gasteiger partial charge is 0.168 e. The minimum Gasteiger partial charge on any atom is -0.387 e. The summed E-state index contributed by atoms with van der Waals surface area (Å²) in [7, 11) is 0. The summed E-state index contributed by atoms with van der Waals surface area (Å²) in [5, 5.41) is 15.4. The van der Waals surface area contributed by atoms with E-state index in [-0.39, 0.29) is 18.2 Å². The number of rotatable bonds is 6. The SMILES string of the molecule is CCNc1nc(NCC(O)c2ccccc2)c(F)cc1F. The van der Waals surface area contributed by atoms with E-state index >= 15 is 0 Å². The van der Waals surface area contributed by atoms with Crippen molar-refractivity contribution in [2.45, 2.75) is 13.0 Å². The molecule has 0 saturated carbocycles. The van der Waals surface area contributed by atoms with Crippen LogP contribution in [0, 0.1) is 11.6 Å². The van der Waals surface area contributed by atoms with Gasteiger partial charge in [-0.25, -0.2) is 13.8 Å². The number of anilines is 2. The molecule has 0 fully saturated rings. The fraction of sp³-hybridized carbons (Fsp3) is 0.267. The van der Waals surface area contributed by atoms with Crippen LogP contribution in [0.3, 0.4) is 0 Å². The van der Waals surface area contributed by atoms with Crippen molar-refractivity contribution >= 4 is 11.6 Å². The van der Waals surface area contributed by atoms with Gasteiger partial charge in [0, 0.05) is 19.2 Å². The van der Waals surface area contributed by atoms with Gasteiger partial charge in [0.1, 0.15) is 0 Å². The Labute approximate surface area is 121 Å². The van der Waals surface area contributed by atoms with Crippen LogP contribution in [0.2, 0.25) is 0 Å². The molecule has 0 aliphatic carbocycles. The maximum atomic E-state index is 13.6. The Kier molecular flexibility index (Phi) is 5.05. The second-order valence-electron chi connectivity index (χ2n) is 4.49. The highest BCUT2D eigenvalue weighted by atomic mass is 19.1. The van der Waals surface area contributed by atoms with E-state index in [9.17, 15) is 13.9 Å². The highest BCUT2D eigenvalue weighted by Crippen LogP contribution is 2.20. The van der Waals surface area contributed by atoms with Gasteiger partial charge < -0.3 is 15.7 Å². The topological polar surface area (TPSA) is 57.2 Å². The molecule has 0 aliphatic rings. The lowest BCUT2D eigenvalue weighted by atomic mass is 10.1. The summed E-state index contributed by atoms with van der Waals surface area (Å²) in [5.74, 6) is -1.66. The van der Waals surface area contributed by atoms with E-state index in [0.29, 0.717) is 12.1 Å². The van der Waals surface area contributed by atoms with Gasteiger partial charge in [-0.15, -0.1) is 0 Å². The zero-order valence-corrected chi connectivity index (χ0v) is 11.6. The van der Waals surface area contributed by atoms with Crippen LogP contribution >= 0.6 is 0 Å². The molecule has 1 atom stereocenters. The van der Waals surface area contributed by atoms with Crippen molar-refractivity contribution in [3.8, 4) is 0 Å². The van der Waals surface area contributed by atoms with E-state index in [1.54, 1.807) is 31.2 Å². The highest BCUT2D eigenvalue weighted by molar-refractivity contribution is 5.47. The van der Waals surface area contributed by atoms with Crippen LogP contribution in [0.25, 0.3) is 0 Å². The summed E-state index contributed by atoms with van der Waals surface area (Å²) in [6.07, 6.45) is -0.806. The third kappa shape index (κ3) is 3.88. The second kappa shape index (κ2) is 6.99. The van der Waals surface area contributed by atoms with Gasteiger partial charge in [-0.1, -0.05) is 30.3 Å². The Morgan fingerprint density at radius 1 is 1.10 bits per heavy atom. The van der Waals surface area contributed by atoms with E-state index in [1.807, 2.05) is 6.07 Å². The zero-order valence-electron chi connectivity index (χ0n) is 11.6. The molecule has 3 N–H and O–H groups in total. The van der Waals surface area contributed by atoms with Gasteiger partial charge in [0.05, 0.1) is 6.10 Å². The van der Waals surface area contributed by atoms with Crippen LogP contribution in [0.1, 0.15) is 18.6 Å². The fourth-order valence-corrected chi connectivity index (χ4v) is 1.87. The monoisotopic (exact) mass is 293 g/mol. The average Bonchev–Trinajstić information content (AvgIpc) is 2.49. The first-order valence-electron chi connectivity index (χ1n) is 6.68. The van der Waals surface area contributed by atoms with Crippen molar-refractivity contribution < 1.29 is 13.9 Å². The molecular weight excluding hydrogens is 276 g/mol. The number of aliphatic hydroxyl groups is 1. The number of aliphatic hydroxyl groups excluding tert-OH is 1. The number of halogens is 2. The number of hydrogen-bond donors (Lipinski definition) is 3. The van der Waals surface area contributed by atoms with Crippen LogP contribution < -0.4 is 10.6 Å². The average molecular weight is 293 g/mol.